The van der Waals surface area contributed by atoms with Gasteiger partial charge in [0.05, 0.1) is 18.1 Å². The van der Waals surface area contributed by atoms with E-state index in [-0.39, 0.29) is 5.91 Å². The highest BCUT2D eigenvalue weighted by Crippen LogP contribution is 2.07. The summed E-state index contributed by atoms with van der Waals surface area (Å²) < 4.78 is 8.33. The van der Waals surface area contributed by atoms with Crippen LogP contribution < -0.4 is 5.32 Å². The van der Waals surface area contributed by atoms with E-state index in [0.717, 1.165) is 0 Å². The minimum atomic E-state index is -0.217. The lowest BCUT2D eigenvalue weighted by molar-refractivity contribution is 0.0792. The van der Waals surface area contributed by atoms with Gasteiger partial charge in [0, 0.05) is 19.9 Å². The van der Waals surface area contributed by atoms with Crippen molar-refractivity contribution in [3.8, 4) is 0 Å². The Morgan fingerprint density at radius 3 is 3.00 bits per heavy atom. The van der Waals surface area contributed by atoms with Gasteiger partial charge >= 0.3 is 0 Å². The summed E-state index contributed by atoms with van der Waals surface area (Å²) in [6.45, 7) is 2.91. The van der Waals surface area contributed by atoms with Crippen molar-refractivity contribution in [1.82, 2.24) is 19.6 Å². The molecule has 0 aliphatic rings. The van der Waals surface area contributed by atoms with Crippen molar-refractivity contribution in [2.45, 2.75) is 13.7 Å². The molecule has 0 aliphatic heterocycles. The van der Waals surface area contributed by atoms with Crippen molar-refractivity contribution in [1.29, 1.82) is 0 Å². The van der Waals surface area contributed by atoms with Gasteiger partial charge in [-0.15, -0.1) is 0 Å². The molecule has 2 heterocycles. The number of hydrogen-bond acceptors (Lipinski definition) is 4. The van der Waals surface area contributed by atoms with Gasteiger partial charge in [-0.25, -0.2) is 4.68 Å². The summed E-state index contributed by atoms with van der Waals surface area (Å²) in [6, 6.07) is 1.65. The smallest absolute Gasteiger partial charge is 0.274 e. The fourth-order valence-electron chi connectivity index (χ4n) is 1.48. The molecule has 1 N–H and O–H groups in total. The third-order valence-corrected chi connectivity index (χ3v) is 2.37. The van der Waals surface area contributed by atoms with E-state index in [1.807, 2.05) is 6.92 Å². The van der Waals surface area contributed by atoms with Crippen molar-refractivity contribution in [2.75, 3.05) is 11.9 Å². The number of nitrogens with zero attached hydrogens (tertiary/aromatic N) is 4. The van der Waals surface area contributed by atoms with Crippen molar-refractivity contribution in [3.63, 3.8) is 0 Å². The summed E-state index contributed by atoms with van der Waals surface area (Å²) in [7, 11) is 1.72. The van der Waals surface area contributed by atoms with Gasteiger partial charge in [-0.2, -0.15) is 10.2 Å². The Labute approximate surface area is 104 Å². The van der Waals surface area contributed by atoms with Crippen molar-refractivity contribution in [2.24, 2.45) is 7.05 Å². The first-order valence-electron chi connectivity index (χ1n) is 5.60. The highest BCUT2D eigenvalue weighted by atomic mass is 16.5. The first-order chi connectivity index (χ1) is 8.70. The normalized spacial score (nSPS) is 10.6. The molecule has 0 bridgehead atoms. The van der Waals surface area contributed by atoms with Crippen LogP contribution in [0.1, 0.15) is 17.4 Å². The molecule has 0 aromatic carbocycles. The molecule has 96 valence electrons. The second-order valence-corrected chi connectivity index (χ2v) is 3.68. The monoisotopic (exact) mass is 249 g/mol. The van der Waals surface area contributed by atoms with E-state index in [1.54, 1.807) is 36.4 Å². The third kappa shape index (κ3) is 2.75. The van der Waals surface area contributed by atoms with Gasteiger partial charge in [0.15, 0.2) is 0 Å². The average Bonchev–Trinajstić information content (AvgIpc) is 2.95. The zero-order valence-electron chi connectivity index (χ0n) is 10.3. The lowest BCUT2D eigenvalue weighted by Crippen LogP contribution is -2.15. The summed E-state index contributed by atoms with van der Waals surface area (Å²) in [6.07, 6.45) is 4.87. The molecule has 2 rings (SSSR count). The molecule has 7 heteroatoms. The number of ether oxygens (including phenoxy) is 1. The molecule has 0 aliphatic carbocycles. The molecule has 0 saturated heterocycles. The van der Waals surface area contributed by atoms with Gasteiger partial charge < -0.3 is 10.1 Å². The number of aromatic nitrogens is 4. The zero-order valence-corrected chi connectivity index (χ0v) is 10.3. The van der Waals surface area contributed by atoms with Crippen LogP contribution >= 0.6 is 0 Å². The minimum Gasteiger partial charge on any atom is -0.360 e. The summed E-state index contributed by atoms with van der Waals surface area (Å²) >= 11 is 0. The van der Waals surface area contributed by atoms with Gasteiger partial charge in [0.2, 0.25) is 0 Å². The van der Waals surface area contributed by atoms with Gasteiger partial charge in [-0.3, -0.25) is 9.48 Å². The van der Waals surface area contributed by atoms with Crippen LogP contribution in [0, 0.1) is 0 Å². The molecular weight excluding hydrogens is 234 g/mol. The molecule has 0 saturated carbocycles. The standard InChI is InChI=1S/C11H15N5O2/c1-3-18-8-16-7-9(6-13-16)14-11(17)10-4-5-12-15(10)2/h4-7H,3,8H2,1-2H3,(H,14,17). The second kappa shape index (κ2) is 5.46. The Morgan fingerprint density at radius 2 is 2.33 bits per heavy atom. The van der Waals surface area contributed by atoms with Crippen molar-refractivity contribution >= 4 is 11.6 Å². The van der Waals surface area contributed by atoms with Crippen LogP contribution in [0.25, 0.3) is 0 Å². The van der Waals surface area contributed by atoms with Crippen LogP contribution in [0.3, 0.4) is 0 Å². The second-order valence-electron chi connectivity index (χ2n) is 3.68. The SMILES string of the molecule is CCOCn1cc(NC(=O)c2ccnn2C)cn1. The van der Waals surface area contributed by atoms with E-state index < -0.39 is 0 Å². The van der Waals surface area contributed by atoms with E-state index in [1.165, 1.54) is 4.68 Å². The maximum atomic E-state index is 11.9. The summed E-state index contributed by atoms with van der Waals surface area (Å²) in [5, 5.41) is 10.7. The number of nitrogens with one attached hydrogen (secondary N) is 1. The highest BCUT2D eigenvalue weighted by Gasteiger charge is 2.10. The average molecular weight is 249 g/mol. The predicted molar refractivity (Wildman–Crippen MR) is 65.0 cm³/mol. The first kappa shape index (κ1) is 12.3. The molecule has 18 heavy (non-hydrogen) atoms. The number of amides is 1. The first-order valence-corrected chi connectivity index (χ1v) is 5.60. The van der Waals surface area contributed by atoms with E-state index in [9.17, 15) is 4.79 Å². The Morgan fingerprint density at radius 1 is 1.50 bits per heavy atom. The number of anilines is 1. The predicted octanol–water partition coefficient (Wildman–Crippen LogP) is 0.863. The van der Waals surface area contributed by atoms with Gasteiger partial charge in [-0.1, -0.05) is 0 Å². The molecule has 0 radical (unpaired) electrons. The summed E-state index contributed by atoms with van der Waals surface area (Å²) in [4.78, 5) is 11.9. The van der Waals surface area contributed by atoms with Gasteiger partial charge in [0.1, 0.15) is 12.4 Å². The van der Waals surface area contributed by atoms with Crippen molar-refractivity contribution < 1.29 is 9.53 Å². The highest BCUT2D eigenvalue weighted by molar-refractivity contribution is 6.02. The van der Waals surface area contributed by atoms with Crippen LogP contribution in [0.5, 0.6) is 0 Å². The quantitative estimate of drug-likeness (QED) is 0.853. The topological polar surface area (TPSA) is 74.0 Å². The number of aryl methyl sites for hydroxylation is 1. The van der Waals surface area contributed by atoms with Crippen LogP contribution in [-0.4, -0.2) is 32.1 Å². The molecule has 0 fully saturated rings. The van der Waals surface area contributed by atoms with Crippen molar-refractivity contribution in [3.05, 3.63) is 30.4 Å². The fourth-order valence-corrected chi connectivity index (χ4v) is 1.48. The summed E-state index contributed by atoms with van der Waals surface area (Å²) in [5.74, 6) is -0.217. The molecule has 0 unspecified atom stereocenters. The van der Waals surface area contributed by atoms with E-state index in [0.29, 0.717) is 24.7 Å². The lowest BCUT2D eigenvalue weighted by Gasteiger charge is -2.02. The molecule has 0 spiro atoms. The number of hydrogen-bond donors (Lipinski definition) is 1. The molecule has 2 aromatic rings. The Hall–Kier alpha value is -2.15. The Balaban J connectivity index is 1.99. The maximum Gasteiger partial charge on any atom is 0.274 e. The molecular formula is C11H15N5O2. The minimum absolute atomic E-state index is 0.217. The lowest BCUT2D eigenvalue weighted by atomic mass is 10.4. The van der Waals surface area contributed by atoms with E-state index in [2.05, 4.69) is 15.5 Å². The molecule has 0 atom stereocenters. The van der Waals surface area contributed by atoms with E-state index >= 15 is 0 Å². The molecule has 7 nitrogen and oxygen atoms in total. The van der Waals surface area contributed by atoms with Crippen LogP contribution in [0.2, 0.25) is 0 Å². The maximum absolute atomic E-state index is 11.9. The van der Waals surface area contributed by atoms with Crippen LogP contribution in [0.15, 0.2) is 24.7 Å². The Kier molecular flexibility index (Phi) is 3.73. The fraction of sp³-hybridized carbons (Fsp3) is 0.364. The van der Waals surface area contributed by atoms with Gasteiger partial charge in [0.25, 0.3) is 5.91 Å². The van der Waals surface area contributed by atoms with E-state index in [4.69, 9.17) is 4.74 Å². The zero-order chi connectivity index (χ0) is 13.0. The largest absolute Gasteiger partial charge is 0.360 e. The van der Waals surface area contributed by atoms with Crippen LogP contribution in [-0.2, 0) is 18.5 Å². The number of carbonyl (C=O) groups is 1. The van der Waals surface area contributed by atoms with Gasteiger partial charge in [-0.05, 0) is 13.0 Å². The van der Waals surface area contributed by atoms with Crippen LogP contribution in [0.4, 0.5) is 5.69 Å². The number of rotatable bonds is 5. The third-order valence-electron chi connectivity index (χ3n) is 2.37. The Bertz CT molecular complexity index is 531. The molecule has 2 aromatic heterocycles. The molecule has 1 amide bonds. The summed E-state index contributed by atoms with van der Waals surface area (Å²) in [5.41, 5.74) is 1.12. The number of carbonyl (C=O) groups excluding carboxylic acids is 1.